The van der Waals surface area contributed by atoms with Crippen LogP contribution in [0.15, 0.2) is 91.7 Å². The molecule has 0 bridgehead atoms. The first kappa shape index (κ1) is 48.1. The van der Waals surface area contributed by atoms with Crippen molar-refractivity contribution in [1.82, 2.24) is 54.3 Å². The van der Waals surface area contributed by atoms with Gasteiger partial charge >= 0.3 is 0 Å². The number of hydrogen-bond donors (Lipinski definition) is 2. The molecule has 6 aromatic rings. The Kier molecular flexibility index (Phi) is 13.9. The minimum absolute atomic E-state index is 0.177. The van der Waals surface area contributed by atoms with Crippen molar-refractivity contribution < 1.29 is 23.9 Å². The molecule has 380 valence electrons. The number of piperazine rings is 2. The number of benzene rings is 2. The summed E-state index contributed by atoms with van der Waals surface area (Å²) in [6, 6.07) is 17.1. The average Bonchev–Trinajstić information content (AvgIpc) is 3.87. The minimum Gasteiger partial charge on any atom is -0.494 e. The molecule has 1 atom stereocenters. The van der Waals surface area contributed by atoms with Crippen molar-refractivity contribution in [2.24, 2.45) is 5.92 Å². The quantitative estimate of drug-likeness (QED) is 0.0697. The molecule has 3 amide bonds. The number of hydrogen-bond acceptors (Lipinski definition) is 15. The number of carbonyl (C=O) groups is 3. The van der Waals surface area contributed by atoms with Crippen LogP contribution in [-0.4, -0.2) is 151 Å². The van der Waals surface area contributed by atoms with Gasteiger partial charge in [-0.05, 0) is 100 Å². The number of anilines is 4. The van der Waals surface area contributed by atoms with E-state index in [1.165, 1.54) is 18.5 Å². The lowest BCUT2D eigenvalue weighted by molar-refractivity contribution is -0.125. The number of allylic oxidation sites excluding steroid dienone is 1. The maximum Gasteiger partial charge on any atom is 0.262 e. The Hall–Kier alpha value is -7.22. The number of rotatable bonds is 19. The highest BCUT2D eigenvalue weighted by Crippen LogP contribution is 2.33. The van der Waals surface area contributed by atoms with Gasteiger partial charge in [0.15, 0.2) is 5.82 Å². The van der Waals surface area contributed by atoms with E-state index in [1.54, 1.807) is 18.5 Å². The predicted octanol–water partition coefficient (Wildman–Crippen LogP) is 6.14. The summed E-state index contributed by atoms with van der Waals surface area (Å²) >= 11 is 0. The standard InChI is InChI=1S/C54H64N14O5/c1-36(2)67-47-30-49(60-48-15-16-55-51(61-48)39-31-57-66(34-39)33-38-6-7-38)56-32-45(47)59-50(67)35-72-28-26-63-20-22-64(23-21-63)40-8-11-42(12-9-40)73-27-4-17-62-18-24-65(25-19-62)41-10-13-43-44(29-41)54(71)68(53(43)70)46-14-5-37(3)58-52(46)69/h8-13,15-16,29-32,34,36,38,46H,3-7,14,17-28,33,35H2,1-2H3,(H,58,69)(H,55,56,60,61). The molecule has 3 saturated heterocycles. The van der Waals surface area contributed by atoms with Gasteiger partial charge in [0.2, 0.25) is 5.91 Å². The summed E-state index contributed by atoms with van der Waals surface area (Å²) in [6.45, 7) is 19.8. The van der Waals surface area contributed by atoms with Crippen LogP contribution >= 0.6 is 0 Å². The van der Waals surface area contributed by atoms with Gasteiger partial charge in [0.05, 0.1) is 47.8 Å². The van der Waals surface area contributed by atoms with Crippen molar-refractivity contribution in [3.05, 3.63) is 109 Å². The molecule has 0 radical (unpaired) electrons. The molecule has 1 aliphatic carbocycles. The molecule has 73 heavy (non-hydrogen) atoms. The van der Waals surface area contributed by atoms with Crippen LogP contribution in [0.3, 0.4) is 0 Å². The molecule has 2 aromatic carbocycles. The fourth-order valence-corrected chi connectivity index (χ4v) is 10.4. The number of imide groups is 1. The van der Waals surface area contributed by atoms with Crippen molar-refractivity contribution >= 4 is 51.8 Å². The largest absolute Gasteiger partial charge is 0.494 e. The summed E-state index contributed by atoms with van der Waals surface area (Å²) in [5.74, 6) is 3.30. The van der Waals surface area contributed by atoms with Crippen LogP contribution in [-0.2, 0) is 22.7 Å². The lowest BCUT2D eigenvalue weighted by atomic mass is 10.0. The normalized spacial score (nSPS) is 18.8. The third-order valence-corrected chi connectivity index (χ3v) is 14.6. The van der Waals surface area contributed by atoms with E-state index in [4.69, 9.17) is 19.4 Å². The third kappa shape index (κ3) is 10.8. The van der Waals surface area contributed by atoms with Crippen molar-refractivity contribution in [3.8, 4) is 17.1 Å². The van der Waals surface area contributed by atoms with Gasteiger partial charge in [-0.2, -0.15) is 5.10 Å². The van der Waals surface area contributed by atoms with Crippen LogP contribution in [0.5, 0.6) is 5.75 Å². The smallest absolute Gasteiger partial charge is 0.262 e. The summed E-state index contributed by atoms with van der Waals surface area (Å²) in [5, 5.41) is 10.6. The van der Waals surface area contributed by atoms with Gasteiger partial charge in [-0.3, -0.25) is 33.8 Å². The second-order valence-electron chi connectivity index (χ2n) is 20.1. The lowest BCUT2D eigenvalue weighted by Crippen LogP contribution is -2.51. The number of nitrogens with zero attached hydrogens (tertiary/aromatic N) is 12. The van der Waals surface area contributed by atoms with E-state index in [1.807, 2.05) is 41.3 Å². The summed E-state index contributed by atoms with van der Waals surface area (Å²) in [7, 11) is 0. The first-order valence-electron chi connectivity index (χ1n) is 25.9. The maximum atomic E-state index is 13.4. The Bertz CT molecular complexity index is 2990. The molecule has 0 spiro atoms. The molecule has 4 aliphatic heterocycles. The van der Waals surface area contributed by atoms with Crippen molar-refractivity contribution in [3.63, 3.8) is 0 Å². The Morgan fingerprint density at radius 3 is 2.27 bits per heavy atom. The first-order chi connectivity index (χ1) is 35.6. The van der Waals surface area contributed by atoms with Crippen molar-refractivity contribution in [2.75, 3.05) is 93.8 Å². The predicted molar refractivity (Wildman–Crippen MR) is 278 cm³/mol. The van der Waals surface area contributed by atoms with Gasteiger partial charge < -0.3 is 34.5 Å². The van der Waals surface area contributed by atoms with E-state index < -0.39 is 17.9 Å². The van der Waals surface area contributed by atoms with E-state index in [0.29, 0.717) is 66.9 Å². The SMILES string of the molecule is C=C1CCC(N2C(=O)c3ccc(N4CCN(CCCOc5ccc(N6CCN(CCOCc7nc8cnc(Nc9ccnc(-c%10cnn(CC%11CC%11)c%10)n9)cc8n7C(C)C)CC6)cc5)CC4)cc3C2=O)C(=O)N1. The Labute approximate surface area is 425 Å². The molecule has 19 nitrogen and oxygen atoms in total. The van der Waals surface area contributed by atoms with Gasteiger partial charge in [-0.15, -0.1) is 0 Å². The fourth-order valence-electron chi connectivity index (χ4n) is 10.4. The molecule has 1 unspecified atom stereocenters. The van der Waals surface area contributed by atoms with Crippen molar-refractivity contribution in [2.45, 2.75) is 71.2 Å². The van der Waals surface area contributed by atoms with Crippen LogP contribution < -0.4 is 25.2 Å². The van der Waals surface area contributed by atoms with Crippen molar-refractivity contribution in [1.29, 1.82) is 0 Å². The van der Waals surface area contributed by atoms with E-state index in [-0.39, 0.29) is 11.9 Å². The first-order valence-corrected chi connectivity index (χ1v) is 25.9. The molecule has 19 heteroatoms. The zero-order chi connectivity index (χ0) is 50.0. The minimum atomic E-state index is -0.812. The van der Waals surface area contributed by atoms with Crippen LogP contribution in [0.4, 0.5) is 23.0 Å². The summed E-state index contributed by atoms with van der Waals surface area (Å²) < 4.78 is 16.6. The van der Waals surface area contributed by atoms with E-state index in [2.05, 4.69) is 94.6 Å². The average molecular weight is 989 g/mol. The topological polar surface area (TPSA) is 184 Å². The number of carbonyl (C=O) groups excluding carboxylic acids is 3. The number of nitrogens with one attached hydrogen (secondary N) is 2. The number of imidazole rings is 1. The van der Waals surface area contributed by atoms with Gasteiger partial charge in [-0.25, -0.2) is 19.9 Å². The Balaban J connectivity index is 0.582. The summed E-state index contributed by atoms with van der Waals surface area (Å²) in [6.07, 6.45) is 11.8. The lowest BCUT2D eigenvalue weighted by Gasteiger charge is -2.36. The number of pyridine rings is 1. The fraction of sp³-hybridized carbons (Fsp3) is 0.444. The van der Waals surface area contributed by atoms with E-state index in [0.717, 1.165) is 123 Å². The number of fused-ring (bicyclic) bond motifs is 2. The van der Waals surface area contributed by atoms with E-state index in [9.17, 15) is 14.4 Å². The molecule has 4 fully saturated rings. The van der Waals surface area contributed by atoms with Gasteiger partial charge in [0.1, 0.15) is 41.4 Å². The monoisotopic (exact) mass is 989 g/mol. The van der Waals surface area contributed by atoms with Gasteiger partial charge in [0, 0.05) is 114 Å². The number of aromatic nitrogens is 7. The second-order valence-corrected chi connectivity index (χ2v) is 20.1. The molecule has 2 N–H and O–H groups in total. The number of ether oxygens (including phenoxy) is 2. The highest BCUT2D eigenvalue weighted by atomic mass is 16.5. The maximum absolute atomic E-state index is 13.4. The molecular weight excluding hydrogens is 925 g/mol. The van der Waals surface area contributed by atoms with Crippen LogP contribution in [0.2, 0.25) is 0 Å². The molecule has 11 rings (SSSR count). The summed E-state index contributed by atoms with van der Waals surface area (Å²) in [4.78, 5) is 68.8. The van der Waals surface area contributed by atoms with E-state index >= 15 is 0 Å². The molecule has 1 saturated carbocycles. The number of piperidine rings is 1. The Morgan fingerprint density at radius 2 is 1.52 bits per heavy atom. The van der Waals surface area contributed by atoms with Gasteiger partial charge in [0.25, 0.3) is 11.8 Å². The second kappa shape index (κ2) is 21.1. The van der Waals surface area contributed by atoms with Crippen LogP contribution in [0.1, 0.15) is 78.5 Å². The number of amides is 3. The molecular formula is C54H64N14O5. The molecule has 4 aromatic heterocycles. The van der Waals surface area contributed by atoms with Gasteiger partial charge in [-0.1, -0.05) is 6.58 Å². The third-order valence-electron chi connectivity index (χ3n) is 14.6. The van der Waals surface area contributed by atoms with Crippen LogP contribution in [0.25, 0.3) is 22.4 Å². The highest BCUT2D eigenvalue weighted by molar-refractivity contribution is 6.23. The molecule has 5 aliphatic rings. The Morgan fingerprint density at radius 1 is 0.781 bits per heavy atom. The van der Waals surface area contributed by atoms with Crippen LogP contribution in [0, 0.1) is 5.92 Å². The zero-order valence-corrected chi connectivity index (χ0v) is 41.8. The molecule has 8 heterocycles. The highest BCUT2D eigenvalue weighted by Gasteiger charge is 2.44. The summed E-state index contributed by atoms with van der Waals surface area (Å²) in [5.41, 5.74) is 6.17. The zero-order valence-electron chi connectivity index (χ0n) is 41.8.